The van der Waals surface area contributed by atoms with Crippen LogP contribution in [0.1, 0.15) is 12.0 Å². The number of hydrogen-bond donors (Lipinski definition) is 2. The second-order valence-corrected chi connectivity index (χ2v) is 9.58. The Morgan fingerprint density at radius 3 is 2.62 bits per heavy atom. The maximum absolute atomic E-state index is 14.1. The van der Waals surface area contributed by atoms with Gasteiger partial charge in [-0.2, -0.15) is 0 Å². The fraction of sp³-hybridized carbons (Fsp3) is 0.455. The summed E-state index contributed by atoms with van der Waals surface area (Å²) in [4.78, 5) is -0.620. The van der Waals surface area contributed by atoms with E-state index in [1.807, 2.05) is 0 Å². The predicted molar refractivity (Wildman–Crippen MR) is 77.4 cm³/mol. The third-order valence-corrected chi connectivity index (χ3v) is 6.84. The van der Waals surface area contributed by atoms with E-state index in [2.05, 4.69) is 20.7 Å². The second-order valence-electron chi connectivity index (χ2n) is 4.76. The molecule has 0 amide bonds. The van der Waals surface area contributed by atoms with Crippen molar-refractivity contribution >= 4 is 35.8 Å². The highest BCUT2D eigenvalue weighted by Gasteiger charge is 2.32. The van der Waals surface area contributed by atoms with Gasteiger partial charge in [0.25, 0.3) is 0 Å². The molecule has 1 heterocycles. The van der Waals surface area contributed by atoms with Crippen LogP contribution in [0.25, 0.3) is 0 Å². The highest BCUT2D eigenvalue weighted by molar-refractivity contribution is 9.10. The van der Waals surface area contributed by atoms with Crippen LogP contribution < -0.4 is 4.72 Å². The van der Waals surface area contributed by atoms with Crippen molar-refractivity contribution in [3.63, 3.8) is 0 Å². The van der Waals surface area contributed by atoms with Gasteiger partial charge in [0.1, 0.15) is 10.7 Å². The minimum absolute atomic E-state index is 0.0942. The Hall–Kier alpha value is -0.550. The molecule has 1 aromatic carbocycles. The van der Waals surface area contributed by atoms with Crippen molar-refractivity contribution in [2.75, 3.05) is 11.5 Å². The van der Waals surface area contributed by atoms with Crippen molar-refractivity contribution in [2.24, 2.45) is 0 Å². The Kier molecular flexibility index (Phi) is 4.74. The molecule has 0 spiro atoms. The van der Waals surface area contributed by atoms with Gasteiger partial charge >= 0.3 is 0 Å². The maximum atomic E-state index is 14.1. The van der Waals surface area contributed by atoms with Crippen LogP contribution in [-0.2, 0) is 26.5 Å². The van der Waals surface area contributed by atoms with Crippen molar-refractivity contribution in [3.8, 4) is 0 Å². The molecule has 0 aliphatic carbocycles. The number of aliphatic hydroxyl groups excluding tert-OH is 1. The fourth-order valence-electron chi connectivity index (χ4n) is 2.10. The standard InChI is InChI=1S/C11H13BrFNO5S2/c12-8-3-7(5-15)11(13)10(4-8)21(18,19)14-9-1-2-20(16,17)6-9/h3-4,9,14-15H,1-2,5-6H2. The molecule has 0 radical (unpaired) electrons. The zero-order chi connectivity index (χ0) is 15.8. The predicted octanol–water partition coefficient (Wildman–Crippen LogP) is 0.546. The molecule has 1 aliphatic heterocycles. The molecule has 2 rings (SSSR count). The summed E-state index contributed by atoms with van der Waals surface area (Å²) >= 11 is 3.05. The Bertz CT molecular complexity index is 763. The third kappa shape index (κ3) is 3.81. The Labute approximate surface area is 130 Å². The molecule has 1 fully saturated rings. The summed E-state index contributed by atoms with van der Waals surface area (Å²) in [6.07, 6.45) is 0.157. The largest absolute Gasteiger partial charge is 0.392 e. The molecule has 0 saturated carbocycles. The number of halogens is 2. The molecule has 1 aliphatic rings. The van der Waals surface area contributed by atoms with Crippen LogP contribution in [0.3, 0.4) is 0 Å². The highest BCUT2D eigenvalue weighted by atomic mass is 79.9. The normalized spacial score (nSPS) is 21.6. The van der Waals surface area contributed by atoms with Crippen LogP contribution in [0, 0.1) is 5.82 Å². The first kappa shape index (κ1) is 16.8. The molecule has 1 atom stereocenters. The van der Waals surface area contributed by atoms with Crippen LogP contribution in [0.5, 0.6) is 0 Å². The molecule has 0 aromatic heterocycles. The van der Waals surface area contributed by atoms with Crippen LogP contribution >= 0.6 is 15.9 Å². The van der Waals surface area contributed by atoms with Crippen molar-refractivity contribution in [3.05, 3.63) is 28.0 Å². The molecule has 10 heteroatoms. The van der Waals surface area contributed by atoms with E-state index in [-0.39, 0.29) is 23.5 Å². The molecule has 1 saturated heterocycles. The van der Waals surface area contributed by atoms with E-state index in [0.717, 1.165) is 6.07 Å². The smallest absolute Gasteiger partial charge is 0.243 e. The van der Waals surface area contributed by atoms with E-state index in [1.165, 1.54) is 6.07 Å². The van der Waals surface area contributed by atoms with E-state index in [1.54, 1.807) is 0 Å². The molecule has 0 bridgehead atoms. The topological polar surface area (TPSA) is 101 Å². The van der Waals surface area contributed by atoms with E-state index in [9.17, 15) is 21.2 Å². The Balaban J connectivity index is 2.34. The molecule has 2 N–H and O–H groups in total. The average Bonchev–Trinajstić information content (AvgIpc) is 2.70. The highest BCUT2D eigenvalue weighted by Crippen LogP contribution is 2.25. The van der Waals surface area contributed by atoms with Crippen molar-refractivity contribution < 1.29 is 26.3 Å². The average molecular weight is 402 g/mol. The zero-order valence-electron chi connectivity index (χ0n) is 10.7. The molecule has 1 unspecified atom stereocenters. The lowest BCUT2D eigenvalue weighted by molar-refractivity contribution is 0.274. The van der Waals surface area contributed by atoms with E-state index < -0.39 is 43.2 Å². The zero-order valence-corrected chi connectivity index (χ0v) is 13.9. The maximum Gasteiger partial charge on any atom is 0.243 e. The molecular weight excluding hydrogens is 389 g/mol. The minimum atomic E-state index is -4.21. The van der Waals surface area contributed by atoms with Gasteiger partial charge in [-0.3, -0.25) is 0 Å². The first-order valence-corrected chi connectivity index (χ1v) is 10.1. The fourth-order valence-corrected chi connectivity index (χ4v) is 5.95. The van der Waals surface area contributed by atoms with E-state index in [0.29, 0.717) is 4.47 Å². The van der Waals surface area contributed by atoms with Gasteiger partial charge < -0.3 is 5.11 Å². The van der Waals surface area contributed by atoms with Gasteiger partial charge in [-0.15, -0.1) is 0 Å². The summed E-state index contributed by atoms with van der Waals surface area (Å²) in [6, 6.07) is 1.57. The van der Waals surface area contributed by atoms with Gasteiger partial charge in [-0.1, -0.05) is 15.9 Å². The summed E-state index contributed by atoms with van der Waals surface area (Å²) in [5.74, 6) is -1.44. The minimum Gasteiger partial charge on any atom is -0.392 e. The van der Waals surface area contributed by atoms with E-state index >= 15 is 0 Å². The Morgan fingerprint density at radius 2 is 2.10 bits per heavy atom. The number of hydrogen-bond acceptors (Lipinski definition) is 5. The lowest BCUT2D eigenvalue weighted by Crippen LogP contribution is -2.36. The van der Waals surface area contributed by atoms with Crippen molar-refractivity contribution in [1.29, 1.82) is 0 Å². The molecule has 1 aromatic rings. The van der Waals surface area contributed by atoms with Gasteiger partial charge in [-0.25, -0.2) is 25.9 Å². The Morgan fingerprint density at radius 1 is 1.43 bits per heavy atom. The van der Waals surface area contributed by atoms with E-state index in [4.69, 9.17) is 5.11 Å². The SMILES string of the molecule is O=S1(=O)CCC(NS(=O)(=O)c2cc(Br)cc(CO)c2F)C1. The lowest BCUT2D eigenvalue weighted by Gasteiger charge is -2.13. The van der Waals surface area contributed by atoms with Crippen molar-refractivity contribution in [2.45, 2.75) is 24.0 Å². The molecule has 21 heavy (non-hydrogen) atoms. The van der Waals surface area contributed by atoms with Gasteiger partial charge in [0.15, 0.2) is 9.84 Å². The number of aliphatic hydroxyl groups is 1. The molecule has 6 nitrogen and oxygen atoms in total. The van der Waals surface area contributed by atoms with Crippen LogP contribution in [0.4, 0.5) is 4.39 Å². The first-order valence-electron chi connectivity index (χ1n) is 5.96. The van der Waals surface area contributed by atoms with Gasteiger partial charge in [-0.05, 0) is 18.6 Å². The summed E-state index contributed by atoms with van der Waals surface area (Å²) in [7, 11) is -7.46. The number of nitrogens with one attached hydrogen (secondary N) is 1. The molecule has 118 valence electrons. The lowest BCUT2D eigenvalue weighted by atomic mass is 10.2. The summed E-state index contributed by atoms with van der Waals surface area (Å²) in [5, 5.41) is 9.03. The summed E-state index contributed by atoms with van der Waals surface area (Å²) < 4.78 is 63.6. The van der Waals surface area contributed by atoms with Gasteiger partial charge in [0, 0.05) is 16.1 Å². The first-order chi connectivity index (χ1) is 9.64. The number of rotatable bonds is 4. The van der Waals surface area contributed by atoms with Gasteiger partial charge in [0.2, 0.25) is 10.0 Å². The third-order valence-electron chi connectivity index (χ3n) is 3.09. The van der Waals surface area contributed by atoms with Gasteiger partial charge in [0.05, 0.1) is 18.1 Å². The number of benzene rings is 1. The van der Waals surface area contributed by atoms with Crippen LogP contribution in [-0.4, -0.2) is 39.5 Å². The van der Waals surface area contributed by atoms with Crippen LogP contribution in [0.15, 0.2) is 21.5 Å². The summed E-state index contributed by atoms with van der Waals surface area (Å²) in [6.45, 7) is -0.647. The monoisotopic (exact) mass is 401 g/mol. The van der Waals surface area contributed by atoms with Crippen molar-refractivity contribution in [1.82, 2.24) is 4.72 Å². The molecular formula is C11H13BrFNO5S2. The quantitative estimate of drug-likeness (QED) is 0.766. The second kappa shape index (κ2) is 5.92. The number of sulfonamides is 1. The summed E-state index contributed by atoms with van der Waals surface area (Å²) in [5.41, 5.74) is -0.163. The number of sulfone groups is 1. The van der Waals surface area contributed by atoms with Crippen LogP contribution in [0.2, 0.25) is 0 Å².